The van der Waals surface area contributed by atoms with E-state index in [1.807, 2.05) is 13.1 Å². The molecule has 0 radical (unpaired) electrons. The second kappa shape index (κ2) is 5.83. The molecule has 2 heterocycles. The molecule has 8 nitrogen and oxygen atoms in total. The predicted molar refractivity (Wildman–Crippen MR) is 81.2 cm³/mol. The molecule has 2 rings (SSSR count). The molecule has 0 fully saturated rings. The molecule has 0 aliphatic heterocycles. The topological polar surface area (TPSA) is 142 Å². The Bertz CT molecular complexity index is 690. The van der Waals surface area contributed by atoms with Crippen molar-refractivity contribution in [3.8, 4) is 0 Å². The van der Waals surface area contributed by atoms with Crippen molar-refractivity contribution >= 4 is 33.8 Å². The number of rotatable bonds is 6. The second-order valence-electron chi connectivity index (χ2n) is 4.49. The minimum atomic E-state index is -0.700. The summed E-state index contributed by atoms with van der Waals surface area (Å²) < 4.78 is 1.76. The molecule has 0 aromatic carbocycles. The van der Waals surface area contributed by atoms with Gasteiger partial charge >= 0.3 is 0 Å². The maximum absolute atomic E-state index is 11.5. The summed E-state index contributed by atoms with van der Waals surface area (Å²) in [5.74, 6) is -1.38. The molecule has 2 amide bonds. The fraction of sp³-hybridized carbons (Fsp3) is 0.250. The average molecular weight is 308 g/mol. The highest BCUT2D eigenvalue weighted by Gasteiger charge is 2.22. The van der Waals surface area contributed by atoms with Gasteiger partial charge in [-0.15, -0.1) is 11.3 Å². The van der Waals surface area contributed by atoms with Crippen molar-refractivity contribution in [2.24, 2.45) is 11.5 Å². The average Bonchev–Trinajstić information content (AvgIpc) is 2.93. The van der Waals surface area contributed by atoms with E-state index < -0.39 is 11.8 Å². The Hall–Kier alpha value is -2.55. The van der Waals surface area contributed by atoms with Crippen molar-refractivity contribution in [3.05, 3.63) is 28.4 Å². The van der Waals surface area contributed by atoms with Gasteiger partial charge in [-0.25, -0.2) is 0 Å². The summed E-state index contributed by atoms with van der Waals surface area (Å²) in [6.07, 6.45) is 3.65. The van der Waals surface area contributed by atoms with Crippen molar-refractivity contribution in [2.45, 2.75) is 13.5 Å². The monoisotopic (exact) mass is 308 g/mol. The number of primary amides is 2. The largest absolute Gasteiger partial charge is 0.397 e. The first-order valence-corrected chi connectivity index (χ1v) is 6.96. The first-order valence-electron chi connectivity index (χ1n) is 6.15. The molecule has 0 atom stereocenters. The molecule has 7 N–H and O–H groups in total. The molecular formula is C12H16N6O2S. The number of hydrogen-bond donors (Lipinski definition) is 4. The molecule has 9 heteroatoms. The van der Waals surface area contributed by atoms with Gasteiger partial charge in [0.1, 0.15) is 9.88 Å². The van der Waals surface area contributed by atoms with E-state index in [9.17, 15) is 9.59 Å². The van der Waals surface area contributed by atoms with Crippen molar-refractivity contribution in [2.75, 3.05) is 17.6 Å². The van der Waals surface area contributed by atoms with Gasteiger partial charge in [0.05, 0.1) is 24.0 Å². The number of aromatic nitrogens is 2. The first kappa shape index (κ1) is 14.9. The van der Waals surface area contributed by atoms with E-state index in [2.05, 4.69) is 10.4 Å². The van der Waals surface area contributed by atoms with E-state index in [0.717, 1.165) is 16.9 Å². The van der Waals surface area contributed by atoms with Crippen molar-refractivity contribution in [1.82, 2.24) is 9.78 Å². The van der Waals surface area contributed by atoms with Gasteiger partial charge < -0.3 is 22.5 Å². The Labute approximate surface area is 124 Å². The number of nitrogens with one attached hydrogen (secondary N) is 1. The van der Waals surface area contributed by atoms with Crippen LogP contribution in [0.25, 0.3) is 0 Å². The summed E-state index contributed by atoms with van der Waals surface area (Å²) in [4.78, 5) is 22.8. The number of thiophene rings is 1. The van der Waals surface area contributed by atoms with Crippen LogP contribution < -0.4 is 22.5 Å². The van der Waals surface area contributed by atoms with Gasteiger partial charge in [0.2, 0.25) is 0 Å². The summed E-state index contributed by atoms with van der Waals surface area (Å²) in [6.45, 7) is 3.04. The number of anilines is 2. The Balaban J connectivity index is 2.13. The summed E-state index contributed by atoms with van der Waals surface area (Å²) in [5.41, 5.74) is 17.4. The number of carbonyl (C=O) groups excluding carboxylic acids is 2. The van der Waals surface area contributed by atoms with Crippen LogP contribution in [0.3, 0.4) is 0 Å². The Morgan fingerprint density at radius 3 is 2.62 bits per heavy atom. The molecule has 0 aliphatic rings. The number of nitrogens with zero attached hydrogens (tertiary/aromatic N) is 2. The van der Waals surface area contributed by atoms with Gasteiger partial charge in [0.25, 0.3) is 11.8 Å². The lowest BCUT2D eigenvalue weighted by Gasteiger charge is -2.06. The minimum Gasteiger partial charge on any atom is -0.397 e. The van der Waals surface area contributed by atoms with Gasteiger partial charge in [0.15, 0.2) is 0 Å². The lowest BCUT2D eigenvalue weighted by atomic mass is 10.2. The number of amides is 2. The maximum atomic E-state index is 11.5. The molecule has 0 saturated carbocycles. The highest BCUT2D eigenvalue weighted by Crippen LogP contribution is 2.34. The second-order valence-corrected chi connectivity index (χ2v) is 5.51. The molecular weight excluding hydrogens is 292 g/mol. The van der Waals surface area contributed by atoms with Crippen LogP contribution in [-0.4, -0.2) is 28.1 Å². The van der Waals surface area contributed by atoms with Gasteiger partial charge in [-0.1, -0.05) is 0 Å². The summed E-state index contributed by atoms with van der Waals surface area (Å²) in [6, 6.07) is 0. The minimum absolute atomic E-state index is 0.0254. The molecule has 2 aromatic rings. The quantitative estimate of drug-likeness (QED) is 0.600. The summed E-state index contributed by atoms with van der Waals surface area (Å²) >= 11 is 1.02. The molecule has 112 valence electrons. The zero-order valence-corrected chi connectivity index (χ0v) is 12.2. The molecule has 0 aliphatic carbocycles. The fourth-order valence-corrected chi connectivity index (χ4v) is 2.87. The SMILES string of the molecule is Cc1cnn(CCNc2sc(C(N)=O)c(N)c2C(N)=O)c1. The number of aryl methyl sites for hydroxylation is 1. The molecule has 0 spiro atoms. The van der Waals surface area contributed by atoms with Crippen LogP contribution in [0, 0.1) is 6.92 Å². The third kappa shape index (κ3) is 3.14. The predicted octanol–water partition coefficient (Wildman–Crippen LogP) is 0.145. The van der Waals surface area contributed by atoms with E-state index in [0.29, 0.717) is 18.1 Å². The number of hydrogen-bond acceptors (Lipinski definition) is 6. The zero-order chi connectivity index (χ0) is 15.6. The van der Waals surface area contributed by atoms with E-state index >= 15 is 0 Å². The third-order valence-corrected chi connectivity index (χ3v) is 3.98. The van der Waals surface area contributed by atoms with Crippen LogP contribution in [0.15, 0.2) is 12.4 Å². The number of nitrogens with two attached hydrogens (primary N) is 3. The molecule has 2 aromatic heterocycles. The van der Waals surface area contributed by atoms with Crippen LogP contribution in [0.1, 0.15) is 25.6 Å². The van der Waals surface area contributed by atoms with Gasteiger partial charge in [0, 0.05) is 12.7 Å². The van der Waals surface area contributed by atoms with Crippen molar-refractivity contribution in [3.63, 3.8) is 0 Å². The molecule has 0 saturated heterocycles. The standard InChI is InChI=1S/C12H16N6O2S/c1-6-4-17-18(5-6)3-2-16-12-7(10(14)19)8(13)9(21-12)11(15)20/h4-5,16H,2-3,13H2,1H3,(H2,14,19)(H2,15,20). The molecule has 21 heavy (non-hydrogen) atoms. The van der Waals surface area contributed by atoms with Crippen molar-refractivity contribution < 1.29 is 9.59 Å². The van der Waals surface area contributed by atoms with E-state index in [1.54, 1.807) is 10.9 Å². The third-order valence-electron chi connectivity index (χ3n) is 2.80. The smallest absolute Gasteiger partial charge is 0.260 e. The Morgan fingerprint density at radius 1 is 1.38 bits per heavy atom. The number of nitrogen functional groups attached to an aromatic ring is 1. The lowest BCUT2D eigenvalue weighted by Crippen LogP contribution is -2.17. The number of carbonyl (C=O) groups is 2. The van der Waals surface area contributed by atoms with Gasteiger partial charge in [-0.05, 0) is 12.5 Å². The normalized spacial score (nSPS) is 10.5. The van der Waals surface area contributed by atoms with Crippen LogP contribution in [0.5, 0.6) is 0 Å². The van der Waals surface area contributed by atoms with E-state index in [4.69, 9.17) is 17.2 Å². The molecule has 0 bridgehead atoms. The summed E-state index contributed by atoms with van der Waals surface area (Å²) in [7, 11) is 0. The van der Waals surface area contributed by atoms with Crippen LogP contribution in [-0.2, 0) is 6.54 Å². The maximum Gasteiger partial charge on any atom is 0.260 e. The highest BCUT2D eigenvalue weighted by atomic mass is 32.1. The Kier molecular flexibility index (Phi) is 4.13. The van der Waals surface area contributed by atoms with Crippen molar-refractivity contribution in [1.29, 1.82) is 0 Å². The fourth-order valence-electron chi connectivity index (χ4n) is 1.87. The van der Waals surface area contributed by atoms with E-state index in [1.165, 1.54) is 0 Å². The van der Waals surface area contributed by atoms with Crippen LogP contribution in [0.2, 0.25) is 0 Å². The summed E-state index contributed by atoms with van der Waals surface area (Å²) in [5, 5.41) is 7.62. The van der Waals surface area contributed by atoms with Gasteiger partial charge in [-0.2, -0.15) is 5.10 Å². The zero-order valence-electron chi connectivity index (χ0n) is 11.4. The highest BCUT2D eigenvalue weighted by molar-refractivity contribution is 7.19. The van der Waals surface area contributed by atoms with Crippen LogP contribution >= 0.6 is 11.3 Å². The van der Waals surface area contributed by atoms with Gasteiger partial charge in [-0.3, -0.25) is 14.3 Å². The first-order chi connectivity index (χ1) is 9.90. The molecule has 0 unspecified atom stereocenters. The van der Waals surface area contributed by atoms with Crippen LogP contribution in [0.4, 0.5) is 10.7 Å². The lowest BCUT2D eigenvalue weighted by molar-refractivity contribution is 0.0999. The van der Waals surface area contributed by atoms with E-state index in [-0.39, 0.29) is 16.1 Å². The Morgan fingerprint density at radius 2 is 2.10 bits per heavy atom.